The topological polar surface area (TPSA) is 39.9 Å². The number of benzene rings is 1. The minimum absolute atomic E-state index is 0.202. The van der Waals surface area contributed by atoms with Crippen LogP contribution in [0.25, 0.3) is 11.3 Å². The molecule has 1 unspecified atom stereocenters. The van der Waals surface area contributed by atoms with Crippen molar-refractivity contribution in [2.45, 2.75) is 51.0 Å². The molecular weight excluding hydrogens is 422 g/mol. The van der Waals surface area contributed by atoms with E-state index in [1.165, 1.54) is 30.5 Å². The number of fused-ring (bicyclic) bond motifs is 2. The van der Waals surface area contributed by atoms with E-state index >= 15 is 0 Å². The Hall–Kier alpha value is -2.79. The lowest BCUT2D eigenvalue weighted by molar-refractivity contribution is -0.124. The fraction of sp³-hybridized carbons (Fsp3) is 0.483. The predicted molar refractivity (Wildman–Crippen MR) is 137 cm³/mol. The molecule has 5 nitrogen and oxygen atoms in total. The molecule has 1 amide bonds. The Morgan fingerprint density at radius 3 is 2.53 bits per heavy atom. The van der Waals surface area contributed by atoms with E-state index in [1.54, 1.807) is 6.26 Å². The molecule has 3 heterocycles. The molecule has 6 rings (SSSR count). The van der Waals surface area contributed by atoms with Gasteiger partial charge in [-0.2, -0.15) is 0 Å². The smallest absolute Gasteiger partial charge is 0.230 e. The van der Waals surface area contributed by atoms with Gasteiger partial charge in [0.15, 0.2) is 5.76 Å². The van der Waals surface area contributed by atoms with Gasteiger partial charge < -0.3 is 14.2 Å². The lowest BCUT2D eigenvalue weighted by Gasteiger charge is -2.43. The lowest BCUT2D eigenvalue weighted by atomic mass is 9.86. The van der Waals surface area contributed by atoms with Crippen LogP contribution >= 0.6 is 0 Å². The molecule has 0 aromatic heterocycles. The summed E-state index contributed by atoms with van der Waals surface area (Å²) in [7, 11) is 0. The summed E-state index contributed by atoms with van der Waals surface area (Å²) >= 11 is 0. The summed E-state index contributed by atoms with van der Waals surface area (Å²) in [6, 6.07) is 17.2. The summed E-state index contributed by atoms with van der Waals surface area (Å²) in [6.45, 7) is 4.98. The summed E-state index contributed by atoms with van der Waals surface area (Å²) in [6.07, 6.45) is 9.67. The maximum absolute atomic E-state index is 13.8. The molecule has 2 aliphatic carbocycles. The zero-order chi connectivity index (χ0) is 22.9. The summed E-state index contributed by atoms with van der Waals surface area (Å²) in [4.78, 5) is 21.0. The highest BCUT2D eigenvalue weighted by Gasteiger charge is 2.36. The van der Waals surface area contributed by atoms with Gasteiger partial charge in [-0.15, -0.1) is 0 Å². The Kier molecular flexibility index (Phi) is 6.04. The highest BCUT2D eigenvalue weighted by Crippen LogP contribution is 2.37. The molecule has 5 aliphatic rings. The van der Waals surface area contributed by atoms with Gasteiger partial charge in [-0.1, -0.05) is 37.5 Å². The predicted octanol–water partition coefficient (Wildman–Crippen LogP) is 5.43. The second kappa shape index (κ2) is 9.46. The number of amides is 1. The van der Waals surface area contributed by atoms with E-state index in [1.807, 2.05) is 6.07 Å². The molecule has 1 atom stereocenters. The number of aryl methyl sites for hydroxylation is 1. The average molecular weight is 458 g/mol. The van der Waals surface area contributed by atoms with Gasteiger partial charge in [-0.25, -0.2) is 0 Å². The quantitative estimate of drug-likeness (QED) is 0.523. The van der Waals surface area contributed by atoms with Gasteiger partial charge in [-0.05, 0) is 61.6 Å². The van der Waals surface area contributed by atoms with Crippen molar-refractivity contribution in [3.8, 4) is 11.3 Å². The van der Waals surface area contributed by atoms with E-state index in [9.17, 15) is 4.79 Å². The number of piperazine rings is 1. The Bertz CT molecular complexity index is 1090. The van der Waals surface area contributed by atoms with E-state index in [0.29, 0.717) is 5.91 Å². The summed E-state index contributed by atoms with van der Waals surface area (Å²) in [5.74, 6) is 1.57. The molecule has 1 aromatic rings. The number of para-hydroxylation sites is 1. The number of nitrogens with zero attached hydrogens (tertiary/aromatic N) is 3. The third-order valence-corrected chi connectivity index (χ3v) is 8.19. The van der Waals surface area contributed by atoms with E-state index in [4.69, 9.17) is 4.42 Å². The molecule has 0 spiro atoms. The first-order valence-electron chi connectivity index (χ1n) is 13.1. The van der Waals surface area contributed by atoms with Crippen LogP contribution in [0.5, 0.6) is 0 Å². The fourth-order valence-corrected chi connectivity index (χ4v) is 6.32. The van der Waals surface area contributed by atoms with Crippen LogP contribution in [0.2, 0.25) is 0 Å². The van der Waals surface area contributed by atoms with Crippen LogP contribution in [-0.2, 0) is 11.2 Å². The SMILES string of the molecule is O=C(C1CCCCC1)N1c2ccccc2CCC1CN1CCN(c2ccc3cccoc2-3)CC1. The van der Waals surface area contributed by atoms with Gasteiger partial charge >= 0.3 is 0 Å². The second-order valence-electron chi connectivity index (χ2n) is 10.3. The number of hydrogen-bond acceptors (Lipinski definition) is 4. The first-order valence-corrected chi connectivity index (χ1v) is 13.1. The molecule has 5 heteroatoms. The summed E-state index contributed by atoms with van der Waals surface area (Å²) in [5.41, 5.74) is 4.87. The van der Waals surface area contributed by atoms with Gasteiger partial charge in [0.05, 0.1) is 12.0 Å². The first-order chi connectivity index (χ1) is 16.8. The highest BCUT2D eigenvalue weighted by molar-refractivity contribution is 5.97. The van der Waals surface area contributed by atoms with E-state index in [2.05, 4.69) is 57.2 Å². The lowest BCUT2D eigenvalue weighted by Crippen LogP contribution is -2.55. The van der Waals surface area contributed by atoms with Crippen molar-refractivity contribution in [2.24, 2.45) is 5.92 Å². The average Bonchev–Trinajstić information content (AvgIpc) is 3.33. The van der Waals surface area contributed by atoms with Crippen molar-refractivity contribution in [1.82, 2.24) is 4.90 Å². The van der Waals surface area contributed by atoms with Crippen LogP contribution < -0.4 is 9.80 Å². The van der Waals surface area contributed by atoms with Gasteiger partial charge in [0.1, 0.15) is 0 Å². The number of anilines is 2. The van der Waals surface area contributed by atoms with Crippen LogP contribution in [0.15, 0.2) is 59.2 Å². The number of hydrogen-bond donors (Lipinski definition) is 0. The molecule has 0 bridgehead atoms. The molecule has 178 valence electrons. The number of carbonyl (C=O) groups is 1. The van der Waals surface area contributed by atoms with Crippen LogP contribution in [0.1, 0.15) is 44.1 Å². The molecule has 1 saturated carbocycles. The maximum atomic E-state index is 13.8. The van der Waals surface area contributed by atoms with E-state index in [-0.39, 0.29) is 12.0 Å². The third kappa shape index (κ3) is 4.11. The minimum atomic E-state index is 0.202. The van der Waals surface area contributed by atoms with Crippen molar-refractivity contribution < 1.29 is 9.21 Å². The second-order valence-corrected chi connectivity index (χ2v) is 10.3. The van der Waals surface area contributed by atoms with E-state index in [0.717, 1.165) is 75.4 Å². The van der Waals surface area contributed by atoms with Gasteiger partial charge in [-0.3, -0.25) is 9.69 Å². The van der Waals surface area contributed by atoms with Crippen molar-refractivity contribution in [1.29, 1.82) is 0 Å². The largest absolute Gasteiger partial charge is 0.462 e. The minimum Gasteiger partial charge on any atom is -0.462 e. The summed E-state index contributed by atoms with van der Waals surface area (Å²) in [5, 5.41) is 0. The molecule has 1 aromatic carbocycles. The standard InChI is InChI=1S/C29H35N3O2/c33-29(24-8-2-1-3-9-24)32-25(14-12-22-7-4-5-11-26(22)32)21-30-16-18-31(19-17-30)27-15-13-23-10-6-20-34-28(23)27/h4-7,10-11,13,15,20,24-25H,1-3,8-9,12,14,16-19,21H2. The zero-order valence-corrected chi connectivity index (χ0v) is 20.0. The van der Waals surface area contributed by atoms with Gasteiger partial charge in [0.25, 0.3) is 0 Å². The highest BCUT2D eigenvalue weighted by atomic mass is 16.3. The normalized spacial score (nSPS) is 22.2. The van der Waals surface area contributed by atoms with Crippen molar-refractivity contribution in [2.75, 3.05) is 42.5 Å². The maximum Gasteiger partial charge on any atom is 0.230 e. The van der Waals surface area contributed by atoms with Crippen LogP contribution in [-0.4, -0.2) is 49.6 Å². The molecule has 34 heavy (non-hydrogen) atoms. The van der Waals surface area contributed by atoms with Gasteiger partial charge in [0, 0.05) is 55.9 Å². The number of carbonyl (C=O) groups excluding carboxylic acids is 1. The molecule has 0 radical (unpaired) electrons. The van der Waals surface area contributed by atoms with Crippen LogP contribution in [0, 0.1) is 5.92 Å². The van der Waals surface area contributed by atoms with Gasteiger partial charge in [0.2, 0.25) is 5.91 Å². The molecule has 1 saturated heterocycles. The fourth-order valence-electron chi connectivity index (χ4n) is 6.32. The van der Waals surface area contributed by atoms with Crippen molar-refractivity contribution in [3.05, 3.63) is 60.4 Å². The summed E-state index contributed by atoms with van der Waals surface area (Å²) < 4.78 is 5.82. The molecule has 3 aliphatic heterocycles. The monoisotopic (exact) mass is 457 g/mol. The number of rotatable bonds is 4. The Labute approximate surface area is 202 Å². The Balaban J connectivity index is 1.16. The van der Waals surface area contributed by atoms with Crippen LogP contribution in [0.4, 0.5) is 11.4 Å². The first kappa shape index (κ1) is 21.7. The Morgan fingerprint density at radius 2 is 1.68 bits per heavy atom. The van der Waals surface area contributed by atoms with Crippen LogP contribution in [0.3, 0.4) is 0 Å². The molecule has 0 N–H and O–H groups in total. The molecular formula is C29H35N3O2. The van der Waals surface area contributed by atoms with Crippen molar-refractivity contribution in [3.63, 3.8) is 0 Å². The Morgan fingerprint density at radius 1 is 0.853 bits per heavy atom. The molecule has 2 fully saturated rings. The third-order valence-electron chi connectivity index (χ3n) is 8.19. The van der Waals surface area contributed by atoms with Crippen molar-refractivity contribution >= 4 is 17.3 Å². The zero-order valence-electron chi connectivity index (χ0n) is 20.0. The van der Waals surface area contributed by atoms with E-state index < -0.39 is 0 Å².